The van der Waals surface area contributed by atoms with Crippen molar-refractivity contribution in [3.05, 3.63) is 28.2 Å². The van der Waals surface area contributed by atoms with E-state index in [-0.39, 0.29) is 12.6 Å². The van der Waals surface area contributed by atoms with Crippen LogP contribution in [-0.2, 0) is 0 Å². The predicted molar refractivity (Wildman–Crippen MR) is 76.4 cm³/mol. The lowest BCUT2D eigenvalue weighted by atomic mass is 10.2. The summed E-state index contributed by atoms with van der Waals surface area (Å²) in [6.45, 7) is 0.173. The molecule has 17 heavy (non-hydrogen) atoms. The standard InChI is InChI=1S/C12H15BrN2OS/c1-17-8-10(4-5-16)15-12-3-2-9(7-14)6-11(12)13/h2-3,6,10,15-16H,4-5,8H2,1H3/t10-/m1/s1. The highest BCUT2D eigenvalue weighted by Gasteiger charge is 2.09. The fourth-order valence-electron chi connectivity index (χ4n) is 1.48. The molecule has 1 atom stereocenters. The lowest BCUT2D eigenvalue weighted by molar-refractivity contribution is 0.282. The van der Waals surface area contributed by atoms with Gasteiger partial charge in [-0.15, -0.1) is 0 Å². The molecule has 0 unspecified atom stereocenters. The van der Waals surface area contributed by atoms with E-state index in [1.54, 1.807) is 23.9 Å². The number of rotatable bonds is 6. The van der Waals surface area contributed by atoms with E-state index in [1.807, 2.05) is 12.3 Å². The van der Waals surface area contributed by atoms with Gasteiger partial charge in [0.2, 0.25) is 0 Å². The Morgan fingerprint density at radius 1 is 1.59 bits per heavy atom. The molecule has 0 radical (unpaired) electrons. The molecule has 0 aromatic heterocycles. The minimum atomic E-state index is 0.173. The van der Waals surface area contributed by atoms with Gasteiger partial charge in [0.25, 0.3) is 0 Å². The van der Waals surface area contributed by atoms with E-state index in [4.69, 9.17) is 10.4 Å². The fourth-order valence-corrected chi connectivity index (χ4v) is 2.62. The first-order valence-electron chi connectivity index (χ1n) is 5.27. The summed E-state index contributed by atoms with van der Waals surface area (Å²) in [5, 5.41) is 21.1. The Bertz CT molecular complexity index is 400. The first-order chi connectivity index (χ1) is 8.21. The third-order valence-corrected chi connectivity index (χ3v) is 3.70. The van der Waals surface area contributed by atoms with Crippen LogP contribution in [0, 0.1) is 11.3 Å². The number of hydrogen-bond acceptors (Lipinski definition) is 4. The normalized spacial score (nSPS) is 11.9. The van der Waals surface area contributed by atoms with Crippen LogP contribution in [0.15, 0.2) is 22.7 Å². The van der Waals surface area contributed by atoms with Crippen LogP contribution in [0.3, 0.4) is 0 Å². The van der Waals surface area contributed by atoms with Crippen LogP contribution >= 0.6 is 27.7 Å². The first-order valence-corrected chi connectivity index (χ1v) is 7.46. The van der Waals surface area contributed by atoms with Crippen molar-refractivity contribution >= 4 is 33.4 Å². The smallest absolute Gasteiger partial charge is 0.0992 e. The summed E-state index contributed by atoms with van der Waals surface area (Å²) in [5.74, 6) is 0.938. The topological polar surface area (TPSA) is 56.0 Å². The summed E-state index contributed by atoms with van der Waals surface area (Å²) in [4.78, 5) is 0. The molecule has 0 saturated heterocycles. The summed E-state index contributed by atoms with van der Waals surface area (Å²) in [6, 6.07) is 7.78. The van der Waals surface area contributed by atoms with Gasteiger partial charge in [0, 0.05) is 28.6 Å². The summed E-state index contributed by atoms with van der Waals surface area (Å²) >= 11 is 5.18. The number of benzene rings is 1. The lowest BCUT2D eigenvalue weighted by Gasteiger charge is -2.19. The monoisotopic (exact) mass is 314 g/mol. The molecule has 1 aromatic rings. The van der Waals surface area contributed by atoms with Crippen molar-refractivity contribution in [2.45, 2.75) is 12.5 Å². The molecule has 0 heterocycles. The molecule has 2 N–H and O–H groups in total. The minimum absolute atomic E-state index is 0.173. The second-order valence-corrected chi connectivity index (χ2v) is 5.38. The van der Waals surface area contributed by atoms with Gasteiger partial charge >= 0.3 is 0 Å². The van der Waals surface area contributed by atoms with E-state index < -0.39 is 0 Å². The molecule has 0 aliphatic heterocycles. The molecule has 0 saturated carbocycles. The summed E-state index contributed by atoms with van der Waals surface area (Å²) in [7, 11) is 0. The molecule has 0 spiro atoms. The maximum absolute atomic E-state index is 8.99. The maximum Gasteiger partial charge on any atom is 0.0992 e. The van der Waals surface area contributed by atoms with Gasteiger partial charge in [0.05, 0.1) is 11.6 Å². The van der Waals surface area contributed by atoms with Gasteiger partial charge in [-0.3, -0.25) is 0 Å². The minimum Gasteiger partial charge on any atom is -0.396 e. The Hall–Kier alpha value is -0.700. The maximum atomic E-state index is 8.99. The van der Waals surface area contributed by atoms with Gasteiger partial charge in [0.15, 0.2) is 0 Å². The molecular formula is C12H15BrN2OS. The van der Waals surface area contributed by atoms with Gasteiger partial charge in [-0.2, -0.15) is 17.0 Å². The van der Waals surface area contributed by atoms with Crippen molar-refractivity contribution in [3.8, 4) is 6.07 Å². The summed E-state index contributed by atoms with van der Waals surface area (Å²) < 4.78 is 0.876. The van der Waals surface area contributed by atoms with Gasteiger partial charge in [-0.1, -0.05) is 0 Å². The number of aliphatic hydroxyl groups excluding tert-OH is 1. The summed E-state index contributed by atoms with van der Waals surface area (Å²) in [6.07, 6.45) is 2.76. The van der Waals surface area contributed by atoms with Gasteiger partial charge in [0.1, 0.15) is 0 Å². The van der Waals surface area contributed by atoms with E-state index in [1.165, 1.54) is 0 Å². The van der Waals surface area contributed by atoms with Crippen LogP contribution in [0.1, 0.15) is 12.0 Å². The number of aliphatic hydroxyl groups is 1. The highest BCUT2D eigenvalue weighted by molar-refractivity contribution is 9.10. The number of thioether (sulfide) groups is 1. The number of nitriles is 1. The average molecular weight is 315 g/mol. The highest BCUT2D eigenvalue weighted by atomic mass is 79.9. The first kappa shape index (κ1) is 14.4. The van der Waals surface area contributed by atoms with E-state index in [0.717, 1.165) is 15.9 Å². The van der Waals surface area contributed by atoms with E-state index in [2.05, 4.69) is 27.3 Å². The molecule has 1 aromatic carbocycles. The van der Waals surface area contributed by atoms with E-state index >= 15 is 0 Å². The number of anilines is 1. The largest absolute Gasteiger partial charge is 0.396 e. The van der Waals surface area contributed by atoms with Crippen LogP contribution in [0.4, 0.5) is 5.69 Å². The highest BCUT2D eigenvalue weighted by Crippen LogP contribution is 2.25. The summed E-state index contributed by atoms with van der Waals surface area (Å²) in [5.41, 5.74) is 1.59. The van der Waals surface area contributed by atoms with Crippen molar-refractivity contribution < 1.29 is 5.11 Å². The van der Waals surface area contributed by atoms with Crippen LogP contribution in [0.2, 0.25) is 0 Å². The van der Waals surface area contributed by atoms with Crippen molar-refractivity contribution in [3.63, 3.8) is 0 Å². The Kier molecular flexibility index (Phi) is 6.41. The van der Waals surface area contributed by atoms with Crippen molar-refractivity contribution in [2.75, 3.05) is 23.9 Å². The SMILES string of the molecule is CSC[C@@H](CCO)Nc1ccc(C#N)cc1Br. The molecule has 0 bridgehead atoms. The second kappa shape index (κ2) is 7.59. The molecule has 0 fully saturated rings. The van der Waals surface area contributed by atoms with Gasteiger partial charge in [-0.05, 0) is 46.8 Å². The number of nitrogens with one attached hydrogen (secondary N) is 1. The predicted octanol–water partition coefficient (Wildman–Crippen LogP) is 2.85. The zero-order chi connectivity index (χ0) is 12.7. The molecule has 0 aliphatic carbocycles. The lowest BCUT2D eigenvalue weighted by Crippen LogP contribution is -2.23. The quantitative estimate of drug-likeness (QED) is 0.847. The van der Waals surface area contributed by atoms with Crippen LogP contribution < -0.4 is 5.32 Å². The number of nitrogens with zero attached hydrogens (tertiary/aromatic N) is 1. The zero-order valence-electron chi connectivity index (χ0n) is 9.61. The van der Waals surface area contributed by atoms with E-state index in [0.29, 0.717) is 12.0 Å². The van der Waals surface area contributed by atoms with Crippen LogP contribution in [0.25, 0.3) is 0 Å². The number of halogens is 1. The molecule has 0 amide bonds. The average Bonchev–Trinajstić information content (AvgIpc) is 2.32. The fraction of sp³-hybridized carbons (Fsp3) is 0.417. The Morgan fingerprint density at radius 2 is 2.35 bits per heavy atom. The third-order valence-electron chi connectivity index (χ3n) is 2.30. The Morgan fingerprint density at radius 3 is 2.88 bits per heavy atom. The van der Waals surface area contributed by atoms with Crippen molar-refractivity contribution in [1.82, 2.24) is 0 Å². The number of hydrogen-bond donors (Lipinski definition) is 2. The molecular weight excluding hydrogens is 300 g/mol. The Labute approximate surface area is 114 Å². The third kappa shape index (κ3) is 4.58. The van der Waals surface area contributed by atoms with Crippen molar-refractivity contribution in [2.24, 2.45) is 0 Å². The second-order valence-electron chi connectivity index (χ2n) is 3.62. The molecule has 92 valence electrons. The van der Waals surface area contributed by atoms with E-state index in [9.17, 15) is 0 Å². The van der Waals surface area contributed by atoms with Crippen LogP contribution in [0.5, 0.6) is 0 Å². The van der Waals surface area contributed by atoms with Gasteiger partial charge in [-0.25, -0.2) is 0 Å². The van der Waals surface area contributed by atoms with Crippen molar-refractivity contribution in [1.29, 1.82) is 5.26 Å². The van der Waals surface area contributed by atoms with Crippen LogP contribution in [-0.4, -0.2) is 29.8 Å². The molecule has 1 rings (SSSR count). The van der Waals surface area contributed by atoms with Gasteiger partial charge < -0.3 is 10.4 Å². The molecule has 3 nitrogen and oxygen atoms in total. The zero-order valence-corrected chi connectivity index (χ0v) is 12.0. The molecule has 0 aliphatic rings. The Balaban J connectivity index is 2.75. The molecule has 5 heteroatoms.